The molecule has 1 aromatic heterocycles. The fourth-order valence-electron chi connectivity index (χ4n) is 3.66. The first kappa shape index (κ1) is 19.2. The molecule has 3 aromatic rings. The number of carbonyl (C=O) groups excluding carboxylic acids is 1. The maximum atomic E-state index is 12.7. The molecule has 1 fully saturated rings. The van der Waals surface area contributed by atoms with E-state index in [0.717, 1.165) is 12.0 Å². The van der Waals surface area contributed by atoms with Gasteiger partial charge in [0.1, 0.15) is 25.1 Å². The van der Waals surface area contributed by atoms with Crippen molar-refractivity contribution in [1.29, 1.82) is 0 Å². The lowest BCUT2D eigenvalue weighted by molar-refractivity contribution is 0.171. The van der Waals surface area contributed by atoms with Gasteiger partial charge in [0.2, 0.25) is 0 Å². The van der Waals surface area contributed by atoms with Gasteiger partial charge < -0.3 is 29.0 Å². The zero-order chi connectivity index (χ0) is 21.2. The molecule has 2 aliphatic rings. The number of aromatic nitrogens is 2. The second kappa shape index (κ2) is 8.17. The molecule has 1 N–H and O–H groups in total. The lowest BCUT2D eigenvalue weighted by Crippen LogP contribution is -2.34. The second-order valence-corrected chi connectivity index (χ2v) is 7.41. The van der Waals surface area contributed by atoms with Crippen molar-refractivity contribution < 1.29 is 23.5 Å². The van der Waals surface area contributed by atoms with Gasteiger partial charge in [-0.25, -0.2) is 4.79 Å². The minimum absolute atomic E-state index is 0.129. The van der Waals surface area contributed by atoms with E-state index in [1.165, 1.54) is 0 Å². The maximum absolute atomic E-state index is 12.7. The molecular formula is C22H22N4O5. The van der Waals surface area contributed by atoms with Gasteiger partial charge in [-0.05, 0) is 31.2 Å². The van der Waals surface area contributed by atoms with Crippen LogP contribution in [0.15, 0.2) is 47.0 Å². The number of hydrogen-bond acceptors (Lipinski definition) is 7. The first-order valence-corrected chi connectivity index (χ1v) is 10.2. The van der Waals surface area contributed by atoms with E-state index in [2.05, 4.69) is 15.5 Å². The van der Waals surface area contributed by atoms with Crippen molar-refractivity contribution in [1.82, 2.24) is 15.0 Å². The number of anilines is 1. The summed E-state index contributed by atoms with van der Waals surface area (Å²) in [7, 11) is 0. The molecule has 1 saturated heterocycles. The van der Waals surface area contributed by atoms with E-state index in [1.807, 2.05) is 24.3 Å². The largest absolute Gasteiger partial charge is 0.488 e. The van der Waals surface area contributed by atoms with Crippen LogP contribution >= 0.6 is 0 Å². The minimum Gasteiger partial charge on any atom is -0.488 e. The van der Waals surface area contributed by atoms with E-state index in [9.17, 15) is 4.79 Å². The van der Waals surface area contributed by atoms with Crippen molar-refractivity contribution in [3.63, 3.8) is 0 Å². The molecule has 5 rings (SSSR count). The van der Waals surface area contributed by atoms with Crippen LogP contribution in [-0.2, 0) is 0 Å². The van der Waals surface area contributed by atoms with E-state index in [-0.39, 0.29) is 12.1 Å². The molecule has 160 valence electrons. The summed E-state index contributed by atoms with van der Waals surface area (Å²) < 4.78 is 22.6. The number of nitrogens with one attached hydrogen (secondary N) is 1. The van der Waals surface area contributed by atoms with Crippen molar-refractivity contribution in [3.8, 4) is 28.7 Å². The highest BCUT2D eigenvalue weighted by atomic mass is 16.6. The molecule has 9 heteroatoms. The molecule has 0 aliphatic carbocycles. The van der Waals surface area contributed by atoms with Crippen molar-refractivity contribution in [2.24, 2.45) is 0 Å². The Morgan fingerprint density at radius 1 is 1.16 bits per heavy atom. The lowest BCUT2D eigenvalue weighted by atomic mass is 10.2. The van der Waals surface area contributed by atoms with Gasteiger partial charge in [0, 0.05) is 24.7 Å². The Hall–Kier alpha value is -3.75. The number of fused-ring (bicyclic) bond motifs is 1. The number of aryl methyl sites for hydroxylation is 1. The van der Waals surface area contributed by atoms with Crippen LogP contribution < -0.4 is 19.5 Å². The Kier molecular flexibility index (Phi) is 5.07. The molecule has 9 nitrogen and oxygen atoms in total. The van der Waals surface area contributed by atoms with Gasteiger partial charge in [-0.2, -0.15) is 4.98 Å². The van der Waals surface area contributed by atoms with E-state index < -0.39 is 0 Å². The van der Waals surface area contributed by atoms with Crippen LogP contribution in [0, 0.1) is 6.92 Å². The highest BCUT2D eigenvalue weighted by Crippen LogP contribution is 2.33. The summed E-state index contributed by atoms with van der Waals surface area (Å²) in [6, 6.07) is 12.7. The number of likely N-dealkylation sites (tertiary alicyclic amines) is 1. The van der Waals surface area contributed by atoms with Crippen LogP contribution in [0.5, 0.6) is 17.2 Å². The van der Waals surface area contributed by atoms with Gasteiger partial charge in [-0.15, -0.1) is 0 Å². The number of urea groups is 1. The predicted molar refractivity (Wildman–Crippen MR) is 112 cm³/mol. The predicted octanol–water partition coefficient (Wildman–Crippen LogP) is 3.50. The standard InChI is InChI=1S/C22H22N4O5/c1-14-23-21(31-25-14)17-4-2-3-5-18(17)30-16-8-9-26(13-16)22(27)24-15-6-7-19-20(12-15)29-11-10-28-19/h2-7,12,16H,8-11,13H2,1H3,(H,24,27). The molecule has 1 atom stereocenters. The third-order valence-corrected chi connectivity index (χ3v) is 5.16. The summed E-state index contributed by atoms with van der Waals surface area (Å²) in [5.74, 6) is 2.96. The topological polar surface area (TPSA) is 99.0 Å². The SMILES string of the molecule is Cc1noc(-c2ccccc2OC2CCN(C(=O)Nc3ccc4c(c3)OCCO4)C2)n1. The second-order valence-electron chi connectivity index (χ2n) is 7.41. The average molecular weight is 422 g/mol. The summed E-state index contributed by atoms with van der Waals surface area (Å²) in [5, 5.41) is 6.77. The number of amides is 2. The van der Waals surface area contributed by atoms with Crippen LogP contribution in [0.4, 0.5) is 10.5 Å². The zero-order valence-electron chi connectivity index (χ0n) is 17.0. The number of carbonyl (C=O) groups is 1. The molecule has 0 radical (unpaired) electrons. The highest BCUT2D eigenvalue weighted by molar-refractivity contribution is 5.90. The molecule has 31 heavy (non-hydrogen) atoms. The maximum Gasteiger partial charge on any atom is 0.321 e. The molecule has 2 aliphatic heterocycles. The summed E-state index contributed by atoms with van der Waals surface area (Å²) in [6.45, 7) is 3.88. The zero-order valence-corrected chi connectivity index (χ0v) is 17.0. The van der Waals surface area contributed by atoms with Crippen LogP contribution in [0.25, 0.3) is 11.5 Å². The van der Waals surface area contributed by atoms with Gasteiger partial charge in [-0.1, -0.05) is 17.3 Å². The summed E-state index contributed by atoms with van der Waals surface area (Å²) in [4.78, 5) is 18.7. The normalized spacial score (nSPS) is 17.5. The Morgan fingerprint density at radius 3 is 2.84 bits per heavy atom. The first-order valence-electron chi connectivity index (χ1n) is 10.2. The van der Waals surface area contributed by atoms with Crippen molar-refractivity contribution in [2.75, 3.05) is 31.6 Å². The number of nitrogens with zero attached hydrogens (tertiary/aromatic N) is 3. The number of rotatable bonds is 4. The number of benzene rings is 2. The molecule has 0 saturated carbocycles. The van der Waals surface area contributed by atoms with E-state index in [0.29, 0.717) is 61.0 Å². The Morgan fingerprint density at radius 2 is 2.00 bits per heavy atom. The number of ether oxygens (including phenoxy) is 3. The fraction of sp³-hybridized carbons (Fsp3) is 0.318. The van der Waals surface area contributed by atoms with Crippen LogP contribution in [0.3, 0.4) is 0 Å². The molecule has 2 amide bonds. The molecule has 2 aromatic carbocycles. The average Bonchev–Trinajstić information content (AvgIpc) is 3.43. The first-order chi connectivity index (χ1) is 15.2. The molecule has 0 spiro atoms. The van der Waals surface area contributed by atoms with Crippen molar-refractivity contribution in [3.05, 3.63) is 48.3 Å². The third-order valence-electron chi connectivity index (χ3n) is 5.16. The monoisotopic (exact) mass is 422 g/mol. The lowest BCUT2D eigenvalue weighted by Gasteiger charge is -2.21. The Bertz CT molecular complexity index is 1100. The van der Waals surface area contributed by atoms with Crippen LogP contribution in [0.1, 0.15) is 12.2 Å². The van der Waals surface area contributed by atoms with Gasteiger partial charge in [-0.3, -0.25) is 0 Å². The minimum atomic E-state index is -0.177. The Labute approximate surface area is 178 Å². The number of para-hydroxylation sites is 1. The van der Waals surface area contributed by atoms with Crippen LogP contribution in [0.2, 0.25) is 0 Å². The smallest absolute Gasteiger partial charge is 0.321 e. The molecule has 3 heterocycles. The molecular weight excluding hydrogens is 400 g/mol. The highest BCUT2D eigenvalue weighted by Gasteiger charge is 2.29. The van der Waals surface area contributed by atoms with E-state index in [4.69, 9.17) is 18.7 Å². The summed E-state index contributed by atoms with van der Waals surface area (Å²) in [5.41, 5.74) is 1.40. The molecule has 0 bridgehead atoms. The fourth-order valence-corrected chi connectivity index (χ4v) is 3.66. The van der Waals surface area contributed by atoms with Crippen LogP contribution in [-0.4, -0.2) is 53.5 Å². The Balaban J connectivity index is 1.22. The van der Waals surface area contributed by atoms with Gasteiger partial charge in [0.25, 0.3) is 5.89 Å². The van der Waals surface area contributed by atoms with E-state index >= 15 is 0 Å². The van der Waals surface area contributed by atoms with E-state index in [1.54, 1.807) is 30.0 Å². The summed E-state index contributed by atoms with van der Waals surface area (Å²) in [6.07, 6.45) is 0.599. The van der Waals surface area contributed by atoms with Crippen molar-refractivity contribution >= 4 is 11.7 Å². The number of hydrogen-bond donors (Lipinski definition) is 1. The van der Waals surface area contributed by atoms with Gasteiger partial charge in [0.15, 0.2) is 17.3 Å². The third kappa shape index (κ3) is 4.11. The molecule has 1 unspecified atom stereocenters. The quantitative estimate of drug-likeness (QED) is 0.687. The van der Waals surface area contributed by atoms with Gasteiger partial charge >= 0.3 is 6.03 Å². The van der Waals surface area contributed by atoms with Crippen molar-refractivity contribution in [2.45, 2.75) is 19.4 Å². The van der Waals surface area contributed by atoms with Gasteiger partial charge in [0.05, 0.1) is 12.1 Å². The summed E-state index contributed by atoms with van der Waals surface area (Å²) >= 11 is 0.